The highest BCUT2D eigenvalue weighted by molar-refractivity contribution is 5.99. The predicted octanol–water partition coefficient (Wildman–Crippen LogP) is 2.44. The normalized spacial score (nSPS) is 15.5. The molecule has 0 aliphatic carbocycles. The van der Waals surface area contributed by atoms with Gasteiger partial charge in [0.1, 0.15) is 0 Å². The fourth-order valence-electron chi connectivity index (χ4n) is 2.05. The maximum Gasteiger partial charge on any atom is 0.228 e. The molecule has 0 radical (unpaired) electrons. The standard InChI is InChI=1S/C13H14N2O/c1-8(2)11(7-14)9-3-4-12-10(5-9)6-13(16)15-12/h3-5,8,11H,6H2,1-2H3,(H,15,16). The van der Waals surface area contributed by atoms with Crippen LogP contribution in [0.4, 0.5) is 5.69 Å². The minimum absolute atomic E-state index is 0.0326. The summed E-state index contributed by atoms with van der Waals surface area (Å²) in [6.45, 7) is 4.06. The third-order valence-electron chi connectivity index (χ3n) is 2.92. The Hall–Kier alpha value is -1.82. The summed E-state index contributed by atoms with van der Waals surface area (Å²) in [5.74, 6) is 0.222. The largest absolute Gasteiger partial charge is 0.326 e. The molecular formula is C13H14N2O. The molecule has 3 nitrogen and oxygen atoms in total. The number of anilines is 1. The van der Waals surface area contributed by atoms with Gasteiger partial charge in [-0.1, -0.05) is 26.0 Å². The Bertz CT molecular complexity index is 471. The van der Waals surface area contributed by atoms with E-state index in [2.05, 4.69) is 11.4 Å². The Morgan fingerprint density at radius 2 is 2.19 bits per heavy atom. The fourth-order valence-corrected chi connectivity index (χ4v) is 2.05. The van der Waals surface area contributed by atoms with Crippen LogP contribution in [-0.2, 0) is 11.2 Å². The number of hydrogen-bond acceptors (Lipinski definition) is 2. The minimum Gasteiger partial charge on any atom is -0.326 e. The van der Waals surface area contributed by atoms with Gasteiger partial charge in [-0.2, -0.15) is 5.26 Å². The summed E-state index contributed by atoms with van der Waals surface area (Å²) in [5, 5.41) is 11.9. The average molecular weight is 214 g/mol. The van der Waals surface area contributed by atoms with Gasteiger partial charge in [-0.25, -0.2) is 0 Å². The highest BCUT2D eigenvalue weighted by Gasteiger charge is 2.21. The molecule has 0 fully saturated rings. The molecule has 16 heavy (non-hydrogen) atoms. The highest BCUT2D eigenvalue weighted by Crippen LogP contribution is 2.30. The van der Waals surface area contributed by atoms with E-state index in [0.29, 0.717) is 6.42 Å². The first-order valence-electron chi connectivity index (χ1n) is 5.44. The van der Waals surface area contributed by atoms with Gasteiger partial charge in [0.15, 0.2) is 0 Å². The van der Waals surface area contributed by atoms with Gasteiger partial charge in [-0.15, -0.1) is 0 Å². The van der Waals surface area contributed by atoms with Crippen molar-refractivity contribution < 1.29 is 4.79 Å². The summed E-state index contributed by atoms with van der Waals surface area (Å²) in [5.41, 5.74) is 2.89. The second-order valence-corrected chi connectivity index (χ2v) is 4.49. The summed E-state index contributed by atoms with van der Waals surface area (Å²) in [6.07, 6.45) is 0.430. The Kier molecular flexibility index (Phi) is 2.66. The number of nitrogens with zero attached hydrogens (tertiary/aromatic N) is 1. The van der Waals surface area contributed by atoms with Gasteiger partial charge in [0, 0.05) is 5.69 Å². The van der Waals surface area contributed by atoms with Crippen LogP contribution >= 0.6 is 0 Å². The van der Waals surface area contributed by atoms with Crippen molar-refractivity contribution in [1.82, 2.24) is 0 Å². The molecule has 1 aliphatic heterocycles. The van der Waals surface area contributed by atoms with Crippen LogP contribution in [0.3, 0.4) is 0 Å². The molecule has 82 valence electrons. The molecule has 1 unspecified atom stereocenters. The van der Waals surface area contributed by atoms with Crippen LogP contribution in [0.1, 0.15) is 30.9 Å². The zero-order valence-electron chi connectivity index (χ0n) is 9.45. The van der Waals surface area contributed by atoms with Crippen LogP contribution in [0.5, 0.6) is 0 Å². The SMILES string of the molecule is CC(C)C(C#N)c1ccc2c(c1)CC(=O)N2. The maximum atomic E-state index is 11.2. The van der Waals surface area contributed by atoms with Gasteiger partial charge in [-0.3, -0.25) is 4.79 Å². The van der Waals surface area contributed by atoms with Crippen molar-refractivity contribution in [2.45, 2.75) is 26.2 Å². The van der Waals surface area contributed by atoms with Gasteiger partial charge < -0.3 is 5.32 Å². The van der Waals surface area contributed by atoms with Crippen LogP contribution in [-0.4, -0.2) is 5.91 Å². The number of carbonyl (C=O) groups excluding carboxylic acids is 1. The van der Waals surface area contributed by atoms with Crippen molar-refractivity contribution >= 4 is 11.6 Å². The lowest BCUT2D eigenvalue weighted by atomic mass is 9.88. The zero-order chi connectivity index (χ0) is 11.7. The molecule has 1 atom stereocenters. The summed E-state index contributed by atoms with van der Waals surface area (Å²) in [6, 6.07) is 8.11. The fraction of sp³-hybridized carbons (Fsp3) is 0.385. The molecule has 0 spiro atoms. The van der Waals surface area contributed by atoms with Gasteiger partial charge in [0.05, 0.1) is 18.4 Å². The van der Waals surface area contributed by atoms with Crippen molar-refractivity contribution in [1.29, 1.82) is 5.26 Å². The summed E-state index contributed by atoms with van der Waals surface area (Å²) in [4.78, 5) is 11.2. The van der Waals surface area contributed by atoms with E-state index < -0.39 is 0 Å². The number of benzene rings is 1. The molecule has 1 aliphatic rings. The number of nitriles is 1. The molecule has 0 saturated heterocycles. The quantitative estimate of drug-likeness (QED) is 0.822. The molecule has 3 heteroatoms. The van der Waals surface area contributed by atoms with Crippen molar-refractivity contribution in [2.75, 3.05) is 5.32 Å². The predicted molar refractivity (Wildman–Crippen MR) is 62.0 cm³/mol. The second-order valence-electron chi connectivity index (χ2n) is 4.49. The highest BCUT2D eigenvalue weighted by atomic mass is 16.1. The Morgan fingerprint density at radius 3 is 2.81 bits per heavy atom. The maximum absolute atomic E-state index is 11.2. The molecule has 2 rings (SSSR count). The molecule has 1 heterocycles. The van der Waals surface area contributed by atoms with Crippen LogP contribution in [0.25, 0.3) is 0 Å². The lowest BCUT2D eigenvalue weighted by Crippen LogP contribution is -2.04. The van der Waals surface area contributed by atoms with E-state index in [4.69, 9.17) is 5.26 Å². The Morgan fingerprint density at radius 1 is 1.44 bits per heavy atom. The molecule has 0 bridgehead atoms. The zero-order valence-corrected chi connectivity index (χ0v) is 9.45. The molecule has 1 N–H and O–H groups in total. The van der Waals surface area contributed by atoms with E-state index in [1.807, 2.05) is 32.0 Å². The van der Waals surface area contributed by atoms with E-state index in [1.165, 1.54) is 0 Å². The smallest absolute Gasteiger partial charge is 0.228 e. The lowest BCUT2D eigenvalue weighted by molar-refractivity contribution is -0.115. The van der Waals surface area contributed by atoms with Crippen molar-refractivity contribution in [3.05, 3.63) is 29.3 Å². The number of amides is 1. The molecule has 0 saturated carbocycles. The van der Waals surface area contributed by atoms with Crippen LogP contribution in [0.15, 0.2) is 18.2 Å². The van der Waals surface area contributed by atoms with E-state index in [9.17, 15) is 4.79 Å². The Labute approximate surface area is 95.1 Å². The van der Waals surface area contributed by atoms with E-state index in [1.54, 1.807) is 0 Å². The van der Waals surface area contributed by atoms with Gasteiger partial charge in [0.2, 0.25) is 5.91 Å². The summed E-state index contributed by atoms with van der Waals surface area (Å²) >= 11 is 0. The molecular weight excluding hydrogens is 200 g/mol. The molecule has 1 aromatic rings. The van der Waals surface area contributed by atoms with Crippen LogP contribution in [0, 0.1) is 17.2 Å². The van der Waals surface area contributed by atoms with Crippen LogP contribution in [0.2, 0.25) is 0 Å². The van der Waals surface area contributed by atoms with Crippen molar-refractivity contribution in [3.63, 3.8) is 0 Å². The topological polar surface area (TPSA) is 52.9 Å². The molecule has 0 aromatic heterocycles. The van der Waals surface area contributed by atoms with E-state index >= 15 is 0 Å². The first-order chi connectivity index (χ1) is 7.61. The monoisotopic (exact) mass is 214 g/mol. The van der Waals surface area contributed by atoms with E-state index in [0.717, 1.165) is 16.8 Å². The number of rotatable bonds is 2. The average Bonchev–Trinajstić information content (AvgIpc) is 2.57. The molecule has 1 aromatic carbocycles. The number of nitrogens with one attached hydrogen (secondary N) is 1. The third kappa shape index (κ3) is 1.79. The third-order valence-corrected chi connectivity index (χ3v) is 2.92. The summed E-state index contributed by atoms with van der Waals surface area (Å²) < 4.78 is 0. The molecule has 1 amide bonds. The number of hydrogen-bond donors (Lipinski definition) is 1. The Balaban J connectivity index is 2.36. The number of carbonyl (C=O) groups is 1. The van der Waals surface area contributed by atoms with Crippen molar-refractivity contribution in [3.8, 4) is 6.07 Å². The number of fused-ring (bicyclic) bond motifs is 1. The second kappa shape index (κ2) is 3.97. The van der Waals surface area contributed by atoms with Gasteiger partial charge in [0.25, 0.3) is 0 Å². The van der Waals surface area contributed by atoms with E-state index in [-0.39, 0.29) is 17.7 Å². The van der Waals surface area contributed by atoms with Crippen LogP contribution < -0.4 is 5.32 Å². The van der Waals surface area contributed by atoms with Gasteiger partial charge in [-0.05, 0) is 23.1 Å². The summed E-state index contributed by atoms with van der Waals surface area (Å²) in [7, 11) is 0. The minimum atomic E-state index is -0.0963. The van der Waals surface area contributed by atoms with Gasteiger partial charge >= 0.3 is 0 Å². The first kappa shape index (κ1) is 10.7. The lowest BCUT2D eigenvalue weighted by Gasteiger charge is -2.14. The first-order valence-corrected chi connectivity index (χ1v) is 5.44. The van der Waals surface area contributed by atoms with Crippen molar-refractivity contribution in [2.24, 2.45) is 5.92 Å².